The summed E-state index contributed by atoms with van der Waals surface area (Å²) in [4.78, 5) is 11.3. The summed E-state index contributed by atoms with van der Waals surface area (Å²) < 4.78 is 5.51. The van der Waals surface area contributed by atoms with Crippen molar-refractivity contribution in [2.45, 2.75) is 0 Å². The molecule has 0 saturated carbocycles. The molecule has 1 amide bonds. The largest absolute Gasteiger partial charge is 0.438 e. The van der Waals surface area contributed by atoms with E-state index >= 15 is 0 Å². The molecule has 0 aliphatic heterocycles. The maximum absolute atomic E-state index is 11.3. The van der Waals surface area contributed by atoms with Crippen LogP contribution < -0.4 is 15.4 Å². The number of aromatic nitrogens is 2. The molecule has 0 fully saturated rings. The normalized spacial score (nSPS) is 9.79. The molecular weight excluding hydrogens is 244 g/mol. The summed E-state index contributed by atoms with van der Waals surface area (Å²) >= 11 is 0. The van der Waals surface area contributed by atoms with Crippen LogP contribution in [0.15, 0.2) is 36.4 Å². The van der Waals surface area contributed by atoms with Crippen LogP contribution in [0.25, 0.3) is 0 Å². The Balaban J connectivity index is 2.08. The Morgan fingerprint density at radius 2 is 1.79 bits per heavy atom. The van der Waals surface area contributed by atoms with E-state index in [0.717, 1.165) is 5.69 Å². The Hall–Kier alpha value is -2.63. The smallest absolute Gasteiger partial charge is 0.271 e. The predicted octanol–water partition coefficient (Wildman–Crippen LogP) is 1.67. The molecule has 98 valence electrons. The summed E-state index contributed by atoms with van der Waals surface area (Å²) in [7, 11) is 3.39. The Bertz CT molecular complexity index is 552. The summed E-state index contributed by atoms with van der Waals surface area (Å²) in [6.45, 7) is 0. The third kappa shape index (κ3) is 3.19. The monoisotopic (exact) mass is 258 g/mol. The number of ether oxygens (including phenoxy) is 1. The van der Waals surface area contributed by atoms with Crippen LogP contribution >= 0.6 is 0 Å². The van der Waals surface area contributed by atoms with Crippen LogP contribution in [-0.4, -0.2) is 30.2 Å². The third-order valence-corrected chi connectivity index (χ3v) is 2.47. The Morgan fingerprint density at radius 1 is 1.05 bits per heavy atom. The van der Waals surface area contributed by atoms with Gasteiger partial charge in [0.2, 0.25) is 5.88 Å². The van der Waals surface area contributed by atoms with E-state index in [1.54, 1.807) is 12.1 Å². The molecule has 0 bridgehead atoms. The van der Waals surface area contributed by atoms with E-state index in [4.69, 9.17) is 4.74 Å². The molecular formula is C13H14N4O2. The Labute approximate surface area is 110 Å². The van der Waals surface area contributed by atoms with E-state index in [1.165, 1.54) is 7.05 Å². The van der Waals surface area contributed by atoms with Crippen LogP contribution in [0, 0.1) is 0 Å². The molecule has 0 spiro atoms. The van der Waals surface area contributed by atoms with Crippen LogP contribution in [0.5, 0.6) is 11.6 Å². The second kappa shape index (κ2) is 5.81. The first-order valence-electron chi connectivity index (χ1n) is 5.74. The standard InChI is InChI=1S/C13H14N4O2/c1-14-9-3-5-10(6-4-9)19-12-8-7-11(16-17-12)13(18)15-2/h3-8,14H,1-2H3,(H,15,18). The first kappa shape index (κ1) is 12.8. The number of anilines is 1. The summed E-state index contributed by atoms with van der Waals surface area (Å²) in [5.74, 6) is 0.711. The van der Waals surface area contributed by atoms with Gasteiger partial charge in [0, 0.05) is 25.8 Å². The topological polar surface area (TPSA) is 76.1 Å². The van der Waals surface area contributed by atoms with Crippen molar-refractivity contribution >= 4 is 11.6 Å². The van der Waals surface area contributed by atoms with Crippen molar-refractivity contribution in [3.63, 3.8) is 0 Å². The number of nitrogens with one attached hydrogen (secondary N) is 2. The predicted molar refractivity (Wildman–Crippen MR) is 71.5 cm³/mol. The quantitative estimate of drug-likeness (QED) is 0.872. The van der Waals surface area contributed by atoms with Gasteiger partial charge in [-0.3, -0.25) is 4.79 Å². The fourth-order valence-corrected chi connectivity index (χ4v) is 1.43. The van der Waals surface area contributed by atoms with Crippen molar-refractivity contribution in [2.24, 2.45) is 0 Å². The van der Waals surface area contributed by atoms with E-state index in [-0.39, 0.29) is 11.6 Å². The minimum absolute atomic E-state index is 0.250. The highest BCUT2D eigenvalue weighted by Gasteiger charge is 2.06. The summed E-state index contributed by atoms with van der Waals surface area (Å²) in [6.07, 6.45) is 0. The molecule has 0 radical (unpaired) electrons. The minimum Gasteiger partial charge on any atom is -0.438 e. The maximum atomic E-state index is 11.3. The van der Waals surface area contributed by atoms with Gasteiger partial charge in [0.15, 0.2) is 5.69 Å². The van der Waals surface area contributed by atoms with Gasteiger partial charge in [-0.25, -0.2) is 0 Å². The van der Waals surface area contributed by atoms with Crippen molar-refractivity contribution < 1.29 is 9.53 Å². The van der Waals surface area contributed by atoms with Gasteiger partial charge in [0.05, 0.1) is 0 Å². The third-order valence-electron chi connectivity index (χ3n) is 2.47. The zero-order valence-corrected chi connectivity index (χ0v) is 10.7. The van der Waals surface area contributed by atoms with Crippen molar-refractivity contribution in [3.8, 4) is 11.6 Å². The lowest BCUT2D eigenvalue weighted by Gasteiger charge is -2.05. The Morgan fingerprint density at radius 3 is 2.32 bits per heavy atom. The molecule has 2 aromatic rings. The summed E-state index contributed by atoms with van der Waals surface area (Å²) in [5.41, 5.74) is 1.24. The minimum atomic E-state index is -0.280. The molecule has 2 N–H and O–H groups in total. The molecule has 6 heteroatoms. The highest BCUT2D eigenvalue weighted by atomic mass is 16.5. The second-order valence-corrected chi connectivity index (χ2v) is 3.71. The highest BCUT2D eigenvalue weighted by Crippen LogP contribution is 2.20. The number of hydrogen-bond acceptors (Lipinski definition) is 5. The molecule has 6 nitrogen and oxygen atoms in total. The van der Waals surface area contributed by atoms with Crippen LogP contribution in [0.3, 0.4) is 0 Å². The maximum Gasteiger partial charge on any atom is 0.271 e. The van der Waals surface area contributed by atoms with E-state index in [1.807, 2.05) is 31.3 Å². The molecule has 19 heavy (non-hydrogen) atoms. The first-order chi connectivity index (χ1) is 9.22. The molecule has 2 rings (SSSR count). The van der Waals surface area contributed by atoms with Crippen LogP contribution in [0.2, 0.25) is 0 Å². The average molecular weight is 258 g/mol. The van der Waals surface area contributed by atoms with Crippen LogP contribution in [0.4, 0.5) is 5.69 Å². The zero-order chi connectivity index (χ0) is 13.7. The van der Waals surface area contributed by atoms with Crippen molar-refractivity contribution in [2.75, 3.05) is 19.4 Å². The number of rotatable bonds is 4. The number of nitrogens with zero attached hydrogens (tertiary/aromatic N) is 2. The first-order valence-corrected chi connectivity index (χ1v) is 5.74. The van der Waals surface area contributed by atoms with Crippen LogP contribution in [-0.2, 0) is 0 Å². The van der Waals surface area contributed by atoms with Crippen molar-refractivity contribution in [3.05, 3.63) is 42.1 Å². The van der Waals surface area contributed by atoms with E-state index in [0.29, 0.717) is 11.6 Å². The highest BCUT2D eigenvalue weighted by molar-refractivity contribution is 5.91. The molecule has 0 saturated heterocycles. The van der Waals surface area contributed by atoms with Crippen molar-refractivity contribution in [1.82, 2.24) is 15.5 Å². The molecule has 1 aromatic carbocycles. The number of carbonyl (C=O) groups excluding carboxylic acids is 1. The molecule has 0 atom stereocenters. The zero-order valence-electron chi connectivity index (χ0n) is 10.7. The van der Waals surface area contributed by atoms with Crippen LogP contribution in [0.1, 0.15) is 10.5 Å². The lowest BCUT2D eigenvalue weighted by atomic mass is 10.3. The van der Waals surface area contributed by atoms with Gasteiger partial charge < -0.3 is 15.4 Å². The lowest BCUT2D eigenvalue weighted by Crippen LogP contribution is -2.19. The van der Waals surface area contributed by atoms with Gasteiger partial charge in [-0.15, -0.1) is 10.2 Å². The molecule has 0 unspecified atom stereocenters. The van der Waals surface area contributed by atoms with Gasteiger partial charge in [0.25, 0.3) is 5.91 Å². The molecule has 1 aromatic heterocycles. The summed E-state index contributed by atoms with van der Waals surface area (Å²) in [6, 6.07) is 10.6. The fourth-order valence-electron chi connectivity index (χ4n) is 1.43. The SMILES string of the molecule is CNC(=O)c1ccc(Oc2ccc(NC)cc2)nn1. The lowest BCUT2D eigenvalue weighted by molar-refractivity contribution is 0.0957. The number of amides is 1. The van der Waals surface area contributed by atoms with Gasteiger partial charge in [-0.05, 0) is 30.3 Å². The average Bonchev–Trinajstić information content (AvgIpc) is 2.48. The van der Waals surface area contributed by atoms with E-state index in [2.05, 4.69) is 20.8 Å². The Kier molecular flexibility index (Phi) is 3.92. The van der Waals surface area contributed by atoms with Gasteiger partial charge in [-0.1, -0.05) is 0 Å². The summed E-state index contributed by atoms with van der Waals surface area (Å²) in [5, 5.41) is 13.1. The number of benzene rings is 1. The van der Waals surface area contributed by atoms with E-state index < -0.39 is 0 Å². The van der Waals surface area contributed by atoms with Gasteiger partial charge in [-0.2, -0.15) is 0 Å². The molecule has 0 aliphatic carbocycles. The van der Waals surface area contributed by atoms with Gasteiger partial charge >= 0.3 is 0 Å². The molecule has 1 heterocycles. The van der Waals surface area contributed by atoms with Gasteiger partial charge in [0.1, 0.15) is 5.75 Å². The van der Waals surface area contributed by atoms with E-state index in [9.17, 15) is 4.79 Å². The number of carbonyl (C=O) groups is 1. The fraction of sp³-hybridized carbons (Fsp3) is 0.154. The second-order valence-electron chi connectivity index (χ2n) is 3.71. The van der Waals surface area contributed by atoms with Crippen molar-refractivity contribution in [1.29, 1.82) is 0 Å². The number of hydrogen-bond donors (Lipinski definition) is 2. The molecule has 0 aliphatic rings.